The molecule has 0 saturated carbocycles. The Morgan fingerprint density at radius 1 is 1.24 bits per heavy atom. The van der Waals surface area contributed by atoms with Gasteiger partial charge in [-0.25, -0.2) is 0 Å². The van der Waals surface area contributed by atoms with Crippen LogP contribution in [-0.2, 0) is 9.47 Å². The Hall–Kier alpha value is -0.200. The molecule has 1 aliphatic rings. The van der Waals surface area contributed by atoms with E-state index in [9.17, 15) is 5.11 Å². The maximum Gasteiger partial charge on any atom is 0.0971 e. The van der Waals surface area contributed by atoms with Crippen molar-refractivity contribution < 1.29 is 14.6 Å². The Balaban J connectivity index is 2.65. The molecule has 1 heterocycles. The first-order chi connectivity index (χ1) is 8.04. The van der Waals surface area contributed by atoms with Gasteiger partial charge in [0.05, 0.1) is 18.8 Å². The maximum absolute atomic E-state index is 9.52. The largest absolute Gasteiger partial charge is 0.395 e. The van der Waals surface area contributed by atoms with Crippen LogP contribution in [0.25, 0.3) is 0 Å². The van der Waals surface area contributed by atoms with Gasteiger partial charge in [-0.15, -0.1) is 0 Å². The molecule has 102 valence electrons. The molecule has 1 rings (SSSR count). The van der Waals surface area contributed by atoms with Crippen LogP contribution in [0.5, 0.6) is 0 Å². The summed E-state index contributed by atoms with van der Waals surface area (Å²) in [4.78, 5) is 2.17. The standard InChI is InChI=1S/C12H26N2O3/c1-8(2)12(13)9(7-15)14-5-10(16-3)11(6-14)17-4/h8-12,15H,5-7,13H2,1-4H3. The van der Waals surface area contributed by atoms with Gasteiger partial charge in [0.2, 0.25) is 0 Å². The van der Waals surface area contributed by atoms with E-state index in [1.54, 1.807) is 14.2 Å². The van der Waals surface area contributed by atoms with E-state index < -0.39 is 0 Å². The lowest BCUT2D eigenvalue weighted by molar-refractivity contribution is -0.00461. The molecule has 0 aromatic carbocycles. The monoisotopic (exact) mass is 246 g/mol. The number of rotatable bonds is 6. The van der Waals surface area contributed by atoms with Gasteiger partial charge in [-0.1, -0.05) is 13.8 Å². The third kappa shape index (κ3) is 3.39. The van der Waals surface area contributed by atoms with E-state index in [4.69, 9.17) is 15.2 Å². The van der Waals surface area contributed by atoms with Gasteiger partial charge in [-0.2, -0.15) is 0 Å². The number of hydrogen-bond donors (Lipinski definition) is 2. The fourth-order valence-electron chi connectivity index (χ4n) is 2.42. The first-order valence-corrected chi connectivity index (χ1v) is 6.21. The molecular formula is C12H26N2O3. The van der Waals surface area contributed by atoms with E-state index in [1.807, 2.05) is 0 Å². The van der Waals surface area contributed by atoms with Crippen LogP contribution in [-0.4, -0.2) is 68.2 Å². The molecule has 0 bridgehead atoms. The molecule has 0 aromatic rings. The van der Waals surface area contributed by atoms with Gasteiger partial charge in [-0.05, 0) is 5.92 Å². The molecule has 17 heavy (non-hydrogen) atoms. The molecule has 0 spiro atoms. The Bertz CT molecular complexity index is 214. The molecule has 5 nitrogen and oxygen atoms in total. The quantitative estimate of drug-likeness (QED) is 0.672. The summed E-state index contributed by atoms with van der Waals surface area (Å²) >= 11 is 0. The van der Waals surface area contributed by atoms with Crippen molar-refractivity contribution in [2.24, 2.45) is 11.7 Å². The predicted octanol–water partition coefficient (Wildman–Crippen LogP) is -0.324. The lowest BCUT2D eigenvalue weighted by Crippen LogP contribution is -2.52. The third-order valence-corrected chi connectivity index (χ3v) is 3.72. The van der Waals surface area contributed by atoms with Crippen LogP contribution in [0.15, 0.2) is 0 Å². The highest BCUT2D eigenvalue weighted by molar-refractivity contribution is 4.93. The Morgan fingerprint density at radius 3 is 2.00 bits per heavy atom. The van der Waals surface area contributed by atoms with Crippen LogP contribution in [0.3, 0.4) is 0 Å². The predicted molar refractivity (Wildman–Crippen MR) is 66.9 cm³/mol. The first-order valence-electron chi connectivity index (χ1n) is 6.21. The Labute approximate surface area is 104 Å². The van der Waals surface area contributed by atoms with Crippen LogP contribution in [0.1, 0.15) is 13.8 Å². The number of nitrogens with two attached hydrogens (primary N) is 1. The Kier molecular flexibility index (Phi) is 5.82. The zero-order valence-corrected chi connectivity index (χ0v) is 11.3. The second-order valence-corrected chi connectivity index (χ2v) is 5.07. The number of likely N-dealkylation sites (tertiary alicyclic amines) is 1. The van der Waals surface area contributed by atoms with E-state index in [0.29, 0.717) is 5.92 Å². The molecule has 1 saturated heterocycles. The molecule has 0 amide bonds. The summed E-state index contributed by atoms with van der Waals surface area (Å²) in [6.07, 6.45) is 0.127. The SMILES string of the molecule is COC1CN(C(CO)C(N)C(C)C)CC1OC. The molecule has 1 fully saturated rings. The molecule has 4 unspecified atom stereocenters. The number of nitrogens with zero attached hydrogens (tertiary/aromatic N) is 1. The molecule has 0 aliphatic carbocycles. The molecule has 0 aromatic heterocycles. The fraction of sp³-hybridized carbons (Fsp3) is 1.00. The summed E-state index contributed by atoms with van der Waals surface area (Å²) in [6.45, 7) is 5.75. The topological polar surface area (TPSA) is 68.0 Å². The Morgan fingerprint density at radius 2 is 1.71 bits per heavy atom. The van der Waals surface area contributed by atoms with Crippen LogP contribution in [0.2, 0.25) is 0 Å². The highest BCUT2D eigenvalue weighted by atomic mass is 16.5. The van der Waals surface area contributed by atoms with Gasteiger partial charge < -0.3 is 20.3 Å². The van der Waals surface area contributed by atoms with Gasteiger partial charge in [0.25, 0.3) is 0 Å². The molecule has 5 heteroatoms. The van der Waals surface area contributed by atoms with Gasteiger partial charge in [-0.3, -0.25) is 4.90 Å². The zero-order chi connectivity index (χ0) is 13.0. The molecule has 4 atom stereocenters. The van der Waals surface area contributed by atoms with Crippen LogP contribution in [0, 0.1) is 5.92 Å². The van der Waals surface area contributed by atoms with Gasteiger partial charge in [0.1, 0.15) is 0 Å². The van der Waals surface area contributed by atoms with Crippen molar-refractivity contribution in [3.63, 3.8) is 0 Å². The first kappa shape index (κ1) is 14.9. The smallest absolute Gasteiger partial charge is 0.0971 e. The van der Waals surface area contributed by atoms with Gasteiger partial charge in [0.15, 0.2) is 0 Å². The van der Waals surface area contributed by atoms with E-state index >= 15 is 0 Å². The average Bonchev–Trinajstić information content (AvgIpc) is 2.72. The normalized spacial score (nSPS) is 29.8. The number of aliphatic hydroxyl groups is 1. The van der Waals surface area contributed by atoms with E-state index in [-0.39, 0.29) is 30.9 Å². The number of methoxy groups -OCH3 is 2. The van der Waals surface area contributed by atoms with Gasteiger partial charge in [0, 0.05) is 39.4 Å². The third-order valence-electron chi connectivity index (χ3n) is 3.72. The van der Waals surface area contributed by atoms with Crippen molar-refractivity contribution in [3.05, 3.63) is 0 Å². The number of hydrogen-bond acceptors (Lipinski definition) is 5. The van der Waals surface area contributed by atoms with E-state index in [1.165, 1.54) is 0 Å². The highest BCUT2D eigenvalue weighted by Crippen LogP contribution is 2.21. The number of aliphatic hydroxyl groups excluding tert-OH is 1. The maximum atomic E-state index is 9.52. The van der Waals surface area contributed by atoms with Crippen LogP contribution < -0.4 is 5.73 Å². The minimum atomic E-state index is -0.0342. The summed E-state index contributed by atoms with van der Waals surface area (Å²) in [6, 6.07) is -0.0547. The molecular weight excluding hydrogens is 220 g/mol. The second-order valence-electron chi connectivity index (χ2n) is 5.07. The van der Waals surface area contributed by atoms with Crippen LogP contribution in [0.4, 0.5) is 0 Å². The van der Waals surface area contributed by atoms with Crippen molar-refractivity contribution in [2.45, 2.75) is 38.1 Å². The lowest BCUT2D eigenvalue weighted by Gasteiger charge is -2.33. The summed E-state index contributed by atoms with van der Waals surface area (Å²) in [7, 11) is 3.38. The molecule has 3 N–H and O–H groups in total. The van der Waals surface area contributed by atoms with Crippen molar-refractivity contribution in [1.29, 1.82) is 0 Å². The highest BCUT2D eigenvalue weighted by Gasteiger charge is 2.38. The summed E-state index contributed by atoms with van der Waals surface area (Å²) in [5, 5.41) is 9.52. The fourth-order valence-corrected chi connectivity index (χ4v) is 2.42. The minimum absolute atomic E-state index is 0.0206. The lowest BCUT2D eigenvalue weighted by atomic mass is 9.97. The van der Waals surface area contributed by atoms with Crippen LogP contribution >= 0.6 is 0 Å². The average molecular weight is 246 g/mol. The zero-order valence-electron chi connectivity index (χ0n) is 11.3. The van der Waals surface area contributed by atoms with E-state index in [0.717, 1.165) is 13.1 Å². The van der Waals surface area contributed by atoms with Crippen molar-refractivity contribution in [3.8, 4) is 0 Å². The summed E-state index contributed by atoms with van der Waals surface area (Å²) < 4.78 is 10.8. The van der Waals surface area contributed by atoms with Crippen molar-refractivity contribution in [2.75, 3.05) is 33.9 Å². The molecule has 0 radical (unpaired) electrons. The second kappa shape index (κ2) is 6.66. The van der Waals surface area contributed by atoms with Gasteiger partial charge >= 0.3 is 0 Å². The van der Waals surface area contributed by atoms with E-state index in [2.05, 4.69) is 18.7 Å². The number of ether oxygens (including phenoxy) is 2. The van der Waals surface area contributed by atoms with Crippen molar-refractivity contribution >= 4 is 0 Å². The minimum Gasteiger partial charge on any atom is -0.395 e. The summed E-state index contributed by atoms with van der Waals surface area (Å²) in [5.74, 6) is 0.342. The summed E-state index contributed by atoms with van der Waals surface area (Å²) in [5.41, 5.74) is 6.14. The van der Waals surface area contributed by atoms with Crippen molar-refractivity contribution in [1.82, 2.24) is 4.90 Å². The molecule has 1 aliphatic heterocycles.